The van der Waals surface area contributed by atoms with Crippen molar-refractivity contribution in [3.8, 4) is 0 Å². The fourth-order valence-electron chi connectivity index (χ4n) is 5.22. The van der Waals surface area contributed by atoms with E-state index in [0.29, 0.717) is 9.33 Å². The topological polar surface area (TPSA) is 69.9 Å². The smallest absolute Gasteiger partial charge is 0.295 e. The van der Waals surface area contributed by atoms with Crippen molar-refractivity contribution in [2.24, 2.45) is 4.99 Å². The maximum Gasteiger partial charge on any atom is 0.324 e. The summed E-state index contributed by atoms with van der Waals surface area (Å²) in [6, 6.07) is 29.0. The molecule has 2 aliphatic rings. The summed E-state index contributed by atoms with van der Waals surface area (Å²) >= 11 is 1.31. The number of urea groups is 1. The zero-order chi connectivity index (χ0) is 24.2. The maximum absolute atomic E-state index is 13.6. The molecule has 174 valence electrons. The number of nitrogens with one attached hydrogen (secondary N) is 1. The summed E-state index contributed by atoms with van der Waals surface area (Å²) in [5, 5.41) is 0. The minimum atomic E-state index is -1.16. The van der Waals surface area contributed by atoms with E-state index >= 15 is 0 Å². The number of benzene rings is 3. The van der Waals surface area contributed by atoms with Crippen molar-refractivity contribution in [1.29, 1.82) is 0 Å². The summed E-state index contributed by atoms with van der Waals surface area (Å²) in [5.74, 6) is 0. The van der Waals surface area contributed by atoms with Gasteiger partial charge in [0.1, 0.15) is 0 Å². The molecule has 1 aromatic heterocycles. The average molecular weight is 482 g/mol. The molecule has 7 nitrogen and oxygen atoms in total. The number of rotatable bonds is 3. The second kappa shape index (κ2) is 7.68. The Kier molecular flexibility index (Phi) is 4.69. The summed E-state index contributed by atoms with van der Waals surface area (Å²) < 4.78 is 2.04. The highest BCUT2D eigenvalue weighted by molar-refractivity contribution is 7.07. The number of carbonyl (C=O) groups is 1. The average Bonchev–Trinajstić information content (AvgIpc) is 3.29. The zero-order valence-corrected chi connectivity index (χ0v) is 20.1. The second-order valence-electron chi connectivity index (χ2n) is 8.68. The number of nitrogens with zero attached hydrogens (tertiary/aromatic N) is 4. The van der Waals surface area contributed by atoms with Crippen molar-refractivity contribution in [3.05, 3.63) is 127 Å². The lowest BCUT2D eigenvalue weighted by Crippen LogP contribution is -2.67. The Morgan fingerprint density at radius 1 is 0.800 bits per heavy atom. The first-order valence-electron chi connectivity index (χ1n) is 11.3. The third-order valence-electron chi connectivity index (χ3n) is 6.87. The lowest BCUT2D eigenvalue weighted by Gasteiger charge is -2.49. The molecule has 8 heteroatoms. The van der Waals surface area contributed by atoms with Gasteiger partial charge in [-0.2, -0.15) is 4.68 Å². The standard InChI is InChI=1S/C27H23N5O2S/c1-30-25(34)31(2)27(21-16-10-5-11-17-21)26(30,20-14-8-4-9-15-20)28-24-32(29-27)23(33)22(35-24)18-19-12-6-3-7-13-19/h3-18,29H,1-2H3/b22-18-/t26-,27+/m1/s1. The van der Waals surface area contributed by atoms with Gasteiger partial charge in [-0.05, 0) is 11.6 Å². The van der Waals surface area contributed by atoms with Gasteiger partial charge in [0, 0.05) is 25.2 Å². The van der Waals surface area contributed by atoms with Crippen LogP contribution in [0.1, 0.15) is 16.7 Å². The van der Waals surface area contributed by atoms with Gasteiger partial charge in [0.05, 0.1) is 4.53 Å². The van der Waals surface area contributed by atoms with Gasteiger partial charge in [0.25, 0.3) is 5.56 Å². The Morgan fingerprint density at radius 2 is 1.37 bits per heavy atom. The molecule has 1 N–H and O–H groups in total. The van der Waals surface area contributed by atoms with E-state index in [1.165, 1.54) is 16.0 Å². The van der Waals surface area contributed by atoms with Crippen molar-refractivity contribution in [2.75, 3.05) is 19.5 Å². The molecule has 0 aliphatic carbocycles. The van der Waals surface area contributed by atoms with E-state index in [1.807, 2.05) is 97.1 Å². The Labute approximate surface area is 205 Å². The van der Waals surface area contributed by atoms with Crippen LogP contribution in [0, 0.1) is 0 Å². The number of fused-ring (bicyclic) bond motifs is 2. The summed E-state index contributed by atoms with van der Waals surface area (Å²) in [5.41, 5.74) is 3.56. The lowest BCUT2D eigenvalue weighted by atomic mass is 9.80. The number of aromatic nitrogens is 1. The molecule has 0 spiro atoms. The maximum atomic E-state index is 13.6. The van der Waals surface area contributed by atoms with E-state index in [4.69, 9.17) is 4.99 Å². The summed E-state index contributed by atoms with van der Waals surface area (Å²) in [7, 11) is 3.51. The Morgan fingerprint density at radius 3 is 2.00 bits per heavy atom. The van der Waals surface area contributed by atoms with Crippen LogP contribution in [0.25, 0.3) is 6.08 Å². The summed E-state index contributed by atoms with van der Waals surface area (Å²) in [6.45, 7) is 0. The van der Waals surface area contributed by atoms with Crippen molar-refractivity contribution in [3.63, 3.8) is 0 Å². The quantitative estimate of drug-likeness (QED) is 0.489. The van der Waals surface area contributed by atoms with Crippen LogP contribution < -0.4 is 20.3 Å². The monoisotopic (exact) mass is 481 g/mol. The fourth-order valence-corrected chi connectivity index (χ4v) is 6.18. The SMILES string of the molecule is CN1C(=O)N(C)[C@]2(c3ccccc3)Nn3c(s/c(=C\c4ccccc4)c3=O)=N[C@]12c1ccccc1. The molecule has 2 aliphatic heterocycles. The molecule has 4 aromatic rings. The Hall–Kier alpha value is -4.17. The Balaban J connectivity index is 1.72. The highest BCUT2D eigenvalue weighted by Crippen LogP contribution is 2.53. The highest BCUT2D eigenvalue weighted by atomic mass is 32.1. The molecule has 1 saturated heterocycles. The van der Waals surface area contributed by atoms with E-state index in [1.54, 1.807) is 23.9 Å². The van der Waals surface area contributed by atoms with Gasteiger partial charge < -0.3 is 0 Å². The van der Waals surface area contributed by atoms with E-state index in [9.17, 15) is 9.59 Å². The first-order valence-corrected chi connectivity index (χ1v) is 12.1. The molecule has 2 amide bonds. The van der Waals surface area contributed by atoms with Crippen LogP contribution >= 0.6 is 11.3 Å². The van der Waals surface area contributed by atoms with Gasteiger partial charge in [-0.1, -0.05) is 102 Å². The van der Waals surface area contributed by atoms with Crippen molar-refractivity contribution in [2.45, 2.75) is 11.3 Å². The first-order chi connectivity index (χ1) is 17.0. The lowest BCUT2D eigenvalue weighted by molar-refractivity contribution is 0.0648. The molecule has 0 saturated carbocycles. The van der Waals surface area contributed by atoms with Gasteiger partial charge in [-0.25, -0.2) is 9.79 Å². The molecule has 2 atom stereocenters. The number of thiazole rings is 1. The number of carbonyl (C=O) groups excluding carboxylic acids is 1. The molecule has 3 aromatic carbocycles. The summed E-state index contributed by atoms with van der Waals surface area (Å²) in [6.07, 6.45) is 1.87. The molecule has 0 unspecified atom stereocenters. The van der Waals surface area contributed by atoms with E-state index in [2.05, 4.69) is 5.43 Å². The van der Waals surface area contributed by atoms with E-state index in [-0.39, 0.29) is 11.6 Å². The van der Waals surface area contributed by atoms with Gasteiger partial charge in [0.2, 0.25) is 16.1 Å². The number of hydrogen-bond donors (Lipinski definition) is 1. The van der Waals surface area contributed by atoms with Crippen LogP contribution in [0.15, 0.2) is 101 Å². The molecule has 6 rings (SSSR count). The van der Waals surface area contributed by atoms with Crippen LogP contribution in [-0.2, 0) is 11.3 Å². The van der Waals surface area contributed by atoms with Crippen molar-refractivity contribution in [1.82, 2.24) is 14.5 Å². The largest absolute Gasteiger partial charge is 0.324 e. The van der Waals surface area contributed by atoms with E-state index in [0.717, 1.165) is 16.7 Å². The molecular formula is C27H23N5O2S. The molecule has 0 bridgehead atoms. The first kappa shape index (κ1) is 21.4. The van der Waals surface area contributed by atoms with Crippen molar-refractivity contribution >= 4 is 23.4 Å². The molecule has 3 heterocycles. The molecule has 35 heavy (non-hydrogen) atoms. The molecule has 1 fully saturated rings. The minimum absolute atomic E-state index is 0.201. The molecular weight excluding hydrogens is 458 g/mol. The van der Waals surface area contributed by atoms with Crippen LogP contribution in [0.3, 0.4) is 0 Å². The number of likely N-dealkylation sites (N-methyl/N-ethyl adjacent to an activating group) is 2. The predicted octanol–water partition coefficient (Wildman–Crippen LogP) is 2.62. The van der Waals surface area contributed by atoms with Crippen LogP contribution in [-0.4, -0.2) is 34.6 Å². The predicted molar refractivity (Wildman–Crippen MR) is 136 cm³/mol. The second-order valence-corrected chi connectivity index (χ2v) is 9.69. The Bertz CT molecular complexity index is 1600. The van der Waals surface area contributed by atoms with Gasteiger partial charge in [-0.15, -0.1) is 0 Å². The van der Waals surface area contributed by atoms with Crippen molar-refractivity contribution < 1.29 is 4.79 Å². The zero-order valence-electron chi connectivity index (χ0n) is 19.3. The van der Waals surface area contributed by atoms with Gasteiger partial charge in [-0.3, -0.25) is 20.0 Å². The summed E-state index contributed by atoms with van der Waals surface area (Å²) in [4.78, 5) is 36.2. The van der Waals surface area contributed by atoms with Crippen LogP contribution in [0.2, 0.25) is 0 Å². The third-order valence-corrected chi connectivity index (χ3v) is 7.84. The number of amides is 2. The van der Waals surface area contributed by atoms with Gasteiger partial charge >= 0.3 is 6.03 Å². The number of hydrogen-bond acceptors (Lipinski definition) is 5. The normalized spacial score (nSPS) is 23.5. The van der Waals surface area contributed by atoms with Crippen LogP contribution in [0.5, 0.6) is 0 Å². The van der Waals surface area contributed by atoms with E-state index < -0.39 is 11.3 Å². The minimum Gasteiger partial charge on any atom is -0.295 e. The fraction of sp³-hybridized carbons (Fsp3) is 0.148. The van der Waals surface area contributed by atoms with Gasteiger partial charge in [0.15, 0.2) is 0 Å². The third kappa shape index (κ3) is 2.80. The highest BCUT2D eigenvalue weighted by Gasteiger charge is 2.69. The molecule has 0 radical (unpaired) electrons. The van der Waals surface area contributed by atoms with Crippen LogP contribution in [0.4, 0.5) is 4.79 Å².